The number of rotatable bonds is 8. The molecule has 3 heterocycles. The molecule has 0 radical (unpaired) electrons. The number of hydrogen-bond donors (Lipinski definition) is 1. The smallest absolute Gasteiger partial charge is 0.228 e. The maximum atomic E-state index is 13.1. The molecule has 10 heteroatoms. The summed E-state index contributed by atoms with van der Waals surface area (Å²) in [5, 5.41) is 7.83. The van der Waals surface area contributed by atoms with E-state index in [-0.39, 0.29) is 34.4 Å². The van der Waals surface area contributed by atoms with Crippen molar-refractivity contribution in [1.82, 2.24) is 14.8 Å². The van der Waals surface area contributed by atoms with Gasteiger partial charge >= 0.3 is 0 Å². The van der Waals surface area contributed by atoms with Gasteiger partial charge in [0.05, 0.1) is 46.6 Å². The number of pyridine rings is 1. The van der Waals surface area contributed by atoms with Gasteiger partial charge in [-0.05, 0) is 81.5 Å². The standard InChI is InChI=1S/C30H34N4O5S/c1-20-13-21(14-29(35)33-23-16-32-34(17-23)30(2,3)4)5-8-27(20)39-28-9-11-31-26-7-6-24(15-25(26)28)40(36,37)19-22-10-12-38-18-22/h5-9,11,13,15-17,22H,10,12,14,18-19H2,1-4H3,(H,33,35). The molecule has 2 aromatic carbocycles. The lowest BCUT2D eigenvalue weighted by molar-refractivity contribution is -0.115. The zero-order chi connectivity index (χ0) is 28.5. The minimum atomic E-state index is -3.49. The van der Waals surface area contributed by atoms with Crippen LogP contribution in [0.3, 0.4) is 0 Å². The molecule has 9 nitrogen and oxygen atoms in total. The second kappa shape index (κ2) is 11.0. The maximum absolute atomic E-state index is 13.1. The fourth-order valence-electron chi connectivity index (χ4n) is 4.70. The summed E-state index contributed by atoms with van der Waals surface area (Å²) >= 11 is 0. The normalized spacial score (nSPS) is 15.8. The number of amides is 1. The largest absolute Gasteiger partial charge is 0.456 e. The molecule has 0 aliphatic carbocycles. The number of fused-ring (bicyclic) bond motifs is 1. The highest BCUT2D eigenvalue weighted by Gasteiger charge is 2.25. The van der Waals surface area contributed by atoms with E-state index >= 15 is 0 Å². The van der Waals surface area contributed by atoms with Crippen LogP contribution < -0.4 is 10.1 Å². The molecule has 4 aromatic rings. The molecular formula is C30H34N4O5S. The first-order chi connectivity index (χ1) is 19.0. The number of anilines is 1. The Bertz CT molecular complexity index is 1650. The molecule has 210 valence electrons. The molecule has 2 aromatic heterocycles. The van der Waals surface area contributed by atoms with Crippen LogP contribution in [0.1, 0.15) is 38.3 Å². The average molecular weight is 563 g/mol. The molecule has 1 amide bonds. The van der Waals surface area contributed by atoms with E-state index in [4.69, 9.17) is 9.47 Å². The molecule has 1 unspecified atom stereocenters. The van der Waals surface area contributed by atoms with Gasteiger partial charge in [-0.3, -0.25) is 14.5 Å². The molecule has 40 heavy (non-hydrogen) atoms. The zero-order valence-electron chi connectivity index (χ0n) is 23.2. The lowest BCUT2D eigenvalue weighted by atomic mass is 10.1. The van der Waals surface area contributed by atoms with Gasteiger partial charge in [0.25, 0.3) is 0 Å². The van der Waals surface area contributed by atoms with Crippen molar-refractivity contribution in [3.63, 3.8) is 0 Å². The lowest BCUT2D eigenvalue weighted by Gasteiger charge is -2.18. The van der Waals surface area contributed by atoms with Crippen LogP contribution in [0.5, 0.6) is 11.5 Å². The first-order valence-corrected chi connectivity index (χ1v) is 14.9. The number of sulfone groups is 1. The molecule has 1 saturated heterocycles. The highest BCUT2D eigenvalue weighted by molar-refractivity contribution is 7.91. The van der Waals surface area contributed by atoms with Crippen molar-refractivity contribution >= 4 is 32.3 Å². The predicted octanol–water partition coefficient (Wildman–Crippen LogP) is 5.28. The van der Waals surface area contributed by atoms with E-state index in [0.29, 0.717) is 41.3 Å². The van der Waals surface area contributed by atoms with Gasteiger partial charge in [-0.2, -0.15) is 5.10 Å². The monoisotopic (exact) mass is 562 g/mol. The molecule has 0 spiro atoms. The van der Waals surface area contributed by atoms with Crippen LogP contribution in [-0.4, -0.2) is 48.1 Å². The Morgan fingerprint density at radius 3 is 2.67 bits per heavy atom. The van der Waals surface area contributed by atoms with E-state index in [1.165, 1.54) is 0 Å². The van der Waals surface area contributed by atoms with Crippen LogP contribution in [0.2, 0.25) is 0 Å². The molecule has 0 saturated carbocycles. The van der Waals surface area contributed by atoms with Gasteiger partial charge in [0.2, 0.25) is 5.91 Å². The van der Waals surface area contributed by atoms with Crippen molar-refractivity contribution in [1.29, 1.82) is 0 Å². The van der Waals surface area contributed by atoms with Crippen molar-refractivity contribution < 1.29 is 22.7 Å². The van der Waals surface area contributed by atoms with Gasteiger partial charge in [-0.25, -0.2) is 8.42 Å². The van der Waals surface area contributed by atoms with Crippen molar-refractivity contribution in [2.75, 3.05) is 24.3 Å². The average Bonchev–Trinajstić information content (AvgIpc) is 3.57. The van der Waals surface area contributed by atoms with Crippen LogP contribution >= 0.6 is 0 Å². The Balaban J connectivity index is 1.31. The van der Waals surface area contributed by atoms with Gasteiger partial charge in [0.1, 0.15) is 11.5 Å². The molecular weight excluding hydrogens is 528 g/mol. The Kier molecular flexibility index (Phi) is 7.65. The number of aryl methyl sites for hydroxylation is 1. The minimum Gasteiger partial charge on any atom is -0.456 e. The van der Waals surface area contributed by atoms with Crippen LogP contribution in [-0.2, 0) is 31.3 Å². The van der Waals surface area contributed by atoms with Crippen molar-refractivity contribution in [3.8, 4) is 11.5 Å². The highest BCUT2D eigenvalue weighted by Crippen LogP contribution is 2.33. The van der Waals surface area contributed by atoms with Crippen LogP contribution in [0.4, 0.5) is 5.69 Å². The number of nitrogens with one attached hydrogen (secondary N) is 1. The van der Waals surface area contributed by atoms with E-state index in [9.17, 15) is 13.2 Å². The van der Waals surface area contributed by atoms with E-state index in [1.54, 1.807) is 36.7 Å². The summed E-state index contributed by atoms with van der Waals surface area (Å²) in [6, 6.07) is 12.3. The molecule has 0 bridgehead atoms. The minimum absolute atomic E-state index is 0.00904. The number of benzene rings is 2. The van der Waals surface area contributed by atoms with Crippen molar-refractivity contribution in [2.24, 2.45) is 5.92 Å². The van der Waals surface area contributed by atoms with Crippen LogP contribution in [0.25, 0.3) is 10.9 Å². The second-order valence-corrected chi connectivity index (χ2v) is 13.3. The first-order valence-electron chi connectivity index (χ1n) is 13.3. The fourth-order valence-corrected chi connectivity index (χ4v) is 6.35. The van der Waals surface area contributed by atoms with Crippen molar-refractivity contribution in [2.45, 2.75) is 51.0 Å². The molecule has 1 atom stereocenters. The third-order valence-corrected chi connectivity index (χ3v) is 8.77. The summed E-state index contributed by atoms with van der Waals surface area (Å²) in [7, 11) is -3.49. The molecule has 1 aliphatic rings. The maximum Gasteiger partial charge on any atom is 0.228 e. The topological polar surface area (TPSA) is 112 Å². The van der Waals surface area contributed by atoms with E-state index < -0.39 is 9.84 Å². The molecule has 1 N–H and O–H groups in total. The van der Waals surface area contributed by atoms with Gasteiger partial charge in [-0.15, -0.1) is 0 Å². The van der Waals surface area contributed by atoms with E-state index in [2.05, 4.69) is 15.4 Å². The summed E-state index contributed by atoms with van der Waals surface area (Å²) in [5.41, 5.74) is 2.81. The summed E-state index contributed by atoms with van der Waals surface area (Å²) in [4.78, 5) is 17.3. The Labute approximate surface area is 234 Å². The summed E-state index contributed by atoms with van der Waals surface area (Å²) in [5.74, 6) is 1.05. The summed E-state index contributed by atoms with van der Waals surface area (Å²) in [6.07, 6.45) is 6.05. The number of nitrogens with zero attached hydrogens (tertiary/aromatic N) is 3. The zero-order valence-corrected chi connectivity index (χ0v) is 24.0. The quantitative estimate of drug-likeness (QED) is 0.311. The molecule has 1 fully saturated rings. The van der Waals surface area contributed by atoms with Crippen LogP contribution in [0, 0.1) is 12.8 Å². The highest BCUT2D eigenvalue weighted by atomic mass is 32.2. The number of hydrogen-bond acceptors (Lipinski definition) is 7. The van der Waals surface area contributed by atoms with Gasteiger partial charge in [0.15, 0.2) is 9.84 Å². The Morgan fingerprint density at radius 2 is 1.98 bits per heavy atom. The third kappa shape index (κ3) is 6.34. The predicted molar refractivity (Wildman–Crippen MR) is 154 cm³/mol. The van der Waals surface area contributed by atoms with Crippen molar-refractivity contribution in [3.05, 3.63) is 72.2 Å². The van der Waals surface area contributed by atoms with E-state index in [1.807, 2.05) is 56.8 Å². The number of carbonyl (C=O) groups excluding carboxylic acids is 1. The lowest BCUT2D eigenvalue weighted by Crippen LogP contribution is -2.22. The van der Waals surface area contributed by atoms with Gasteiger partial charge in [-0.1, -0.05) is 12.1 Å². The number of ether oxygens (including phenoxy) is 2. The van der Waals surface area contributed by atoms with E-state index in [0.717, 1.165) is 17.5 Å². The first kappa shape index (κ1) is 27.8. The summed E-state index contributed by atoms with van der Waals surface area (Å²) < 4.78 is 39.6. The van der Waals surface area contributed by atoms with Gasteiger partial charge in [0, 0.05) is 24.4 Å². The number of aromatic nitrogens is 3. The second-order valence-electron chi connectivity index (χ2n) is 11.3. The number of carbonyl (C=O) groups is 1. The van der Waals surface area contributed by atoms with Gasteiger partial charge < -0.3 is 14.8 Å². The SMILES string of the molecule is Cc1cc(CC(=O)Nc2cnn(C(C)(C)C)c2)ccc1Oc1ccnc2ccc(S(=O)(=O)CC3CCOC3)cc12. The summed E-state index contributed by atoms with van der Waals surface area (Å²) in [6.45, 7) is 9.11. The third-order valence-electron chi connectivity index (χ3n) is 6.89. The Morgan fingerprint density at radius 1 is 1.15 bits per heavy atom. The molecule has 1 aliphatic heterocycles. The Hall–Kier alpha value is -3.76. The fraction of sp³-hybridized carbons (Fsp3) is 0.367. The van der Waals surface area contributed by atoms with Crippen LogP contribution in [0.15, 0.2) is 66.0 Å². The molecule has 5 rings (SSSR count).